The molecule has 2 rings (SSSR count). The number of carbonyl (C=O) groups excluding carboxylic acids is 1. The van der Waals surface area contributed by atoms with E-state index in [0.29, 0.717) is 29.2 Å². The van der Waals surface area contributed by atoms with Crippen LogP contribution < -0.4 is 11.1 Å². The zero-order valence-electron chi connectivity index (χ0n) is 11.0. The molecule has 0 saturated carbocycles. The zero-order chi connectivity index (χ0) is 14.4. The second-order valence-electron chi connectivity index (χ2n) is 3.94. The van der Waals surface area contributed by atoms with Crippen LogP contribution in [-0.2, 0) is 6.42 Å². The molecule has 0 unspecified atom stereocenters. The molecule has 0 atom stereocenters. The summed E-state index contributed by atoms with van der Waals surface area (Å²) in [7, 11) is 0. The maximum Gasteiger partial charge on any atom is 0.269 e. The topological polar surface area (TPSA) is 80.9 Å². The van der Waals surface area contributed by atoms with Crippen molar-refractivity contribution in [2.24, 2.45) is 5.73 Å². The molecular weight excluding hydrogens is 272 g/mol. The number of anilines is 1. The van der Waals surface area contributed by atoms with E-state index in [2.05, 4.69) is 26.7 Å². The Morgan fingerprint density at radius 1 is 1.50 bits per heavy atom. The van der Waals surface area contributed by atoms with Crippen molar-refractivity contribution in [1.29, 1.82) is 0 Å². The second kappa shape index (κ2) is 6.80. The lowest BCUT2D eigenvalue weighted by atomic mass is 10.2. The van der Waals surface area contributed by atoms with Gasteiger partial charge in [-0.15, -0.1) is 5.10 Å². The third-order valence-electron chi connectivity index (χ3n) is 2.55. The van der Waals surface area contributed by atoms with Crippen molar-refractivity contribution in [3.8, 4) is 11.8 Å². The third kappa shape index (κ3) is 3.41. The molecule has 0 aliphatic carbocycles. The van der Waals surface area contributed by atoms with E-state index in [1.54, 1.807) is 6.07 Å². The summed E-state index contributed by atoms with van der Waals surface area (Å²) >= 11 is 1.10. The van der Waals surface area contributed by atoms with Crippen molar-refractivity contribution in [2.75, 3.05) is 11.9 Å². The maximum atomic E-state index is 12.1. The van der Waals surface area contributed by atoms with Crippen LogP contribution in [0.15, 0.2) is 24.3 Å². The molecule has 5 nitrogen and oxygen atoms in total. The molecule has 0 bridgehead atoms. The Kier molecular flexibility index (Phi) is 4.82. The number of benzene rings is 1. The van der Waals surface area contributed by atoms with Crippen molar-refractivity contribution in [1.82, 2.24) is 9.59 Å². The molecule has 1 aromatic heterocycles. The Bertz CT molecular complexity index is 669. The lowest BCUT2D eigenvalue weighted by molar-refractivity contribution is 0.102. The smallest absolute Gasteiger partial charge is 0.269 e. The molecule has 0 fully saturated rings. The number of nitrogens with two attached hydrogens (primary N) is 1. The van der Waals surface area contributed by atoms with Gasteiger partial charge in [0.1, 0.15) is 4.88 Å². The standard InChI is InChI=1S/C14H14N4OS/c1-2-12-13(20-18-17-12)14(19)16-11-7-3-5-10(9-11)6-4-8-15/h3,5,7,9H,2,8,15H2,1H3,(H,16,19). The van der Waals surface area contributed by atoms with E-state index in [1.165, 1.54) is 0 Å². The van der Waals surface area contributed by atoms with E-state index < -0.39 is 0 Å². The third-order valence-corrected chi connectivity index (χ3v) is 3.32. The van der Waals surface area contributed by atoms with Crippen LogP contribution in [0.4, 0.5) is 5.69 Å². The minimum atomic E-state index is -0.194. The molecule has 20 heavy (non-hydrogen) atoms. The summed E-state index contributed by atoms with van der Waals surface area (Å²) in [4.78, 5) is 12.7. The fourth-order valence-electron chi connectivity index (χ4n) is 1.63. The molecular formula is C14H14N4OS. The first-order chi connectivity index (χ1) is 9.74. The summed E-state index contributed by atoms with van der Waals surface area (Å²) < 4.78 is 3.81. The first-order valence-electron chi connectivity index (χ1n) is 6.16. The minimum Gasteiger partial charge on any atom is -0.321 e. The highest BCUT2D eigenvalue weighted by Crippen LogP contribution is 2.15. The van der Waals surface area contributed by atoms with Gasteiger partial charge in [-0.1, -0.05) is 29.3 Å². The predicted molar refractivity (Wildman–Crippen MR) is 79.6 cm³/mol. The molecule has 2 aromatic rings. The van der Waals surface area contributed by atoms with Crippen LogP contribution >= 0.6 is 11.5 Å². The van der Waals surface area contributed by atoms with Gasteiger partial charge in [0.05, 0.1) is 12.2 Å². The highest BCUT2D eigenvalue weighted by Gasteiger charge is 2.14. The van der Waals surface area contributed by atoms with Crippen molar-refractivity contribution >= 4 is 23.1 Å². The molecule has 0 saturated heterocycles. The van der Waals surface area contributed by atoms with Crippen molar-refractivity contribution < 1.29 is 4.79 Å². The number of carbonyl (C=O) groups is 1. The van der Waals surface area contributed by atoms with Gasteiger partial charge in [-0.25, -0.2) is 0 Å². The molecule has 1 aromatic carbocycles. The van der Waals surface area contributed by atoms with Crippen LogP contribution in [0.3, 0.4) is 0 Å². The van der Waals surface area contributed by atoms with Crippen LogP contribution in [0.25, 0.3) is 0 Å². The second-order valence-corrected chi connectivity index (χ2v) is 4.70. The molecule has 0 aliphatic heterocycles. The molecule has 0 radical (unpaired) electrons. The number of nitrogens with one attached hydrogen (secondary N) is 1. The first kappa shape index (κ1) is 14.2. The number of hydrogen-bond donors (Lipinski definition) is 2. The first-order valence-corrected chi connectivity index (χ1v) is 6.93. The molecule has 1 amide bonds. The average Bonchev–Trinajstić information content (AvgIpc) is 2.94. The van der Waals surface area contributed by atoms with Gasteiger partial charge >= 0.3 is 0 Å². The summed E-state index contributed by atoms with van der Waals surface area (Å²) in [5, 5.41) is 6.76. The number of aryl methyl sites for hydroxylation is 1. The average molecular weight is 286 g/mol. The van der Waals surface area contributed by atoms with Crippen LogP contribution in [0.5, 0.6) is 0 Å². The monoisotopic (exact) mass is 286 g/mol. The van der Waals surface area contributed by atoms with Gasteiger partial charge in [0.2, 0.25) is 0 Å². The van der Waals surface area contributed by atoms with E-state index in [0.717, 1.165) is 17.1 Å². The van der Waals surface area contributed by atoms with Crippen LogP contribution in [0.1, 0.15) is 27.9 Å². The normalized spacial score (nSPS) is 9.70. The predicted octanol–water partition coefficient (Wildman–Crippen LogP) is 1.66. The fourth-order valence-corrected chi connectivity index (χ4v) is 2.27. The summed E-state index contributed by atoms with van der Waals surface area (Å²) in [6, 6.07) is 7.32. The SMILES string of the molecule is CCc1nnsc1C(=O)Nc1cccc(C#CCN)c1. The summed E-state index contributed by atoms with van der Waals surface area (Å²) in [5.41, 5.74) is 7.55. The van der Waals surface area contributed by atoms with Crippen LogP contribution in [0, 0.1) is 11.8 Å². The maximum absolute atomic E-state index is 12.1. The largest absolute Gasteiger partial charge is 0.321 e. The van der Waals surface area contributed by atoms with Crippen molar-refractivity contribution in [2.45, 2.75) is 13.3 Å². The highest BCUT2D eigenvalue weighted by atomic mass is 32.1. The Balaban J connectivity index is 2.16. The van der Waals surface area contributed by atoms with E-state index in [-0.39, 0.29) is 5.91 Å². The molecule has 0 spiro atoms. The van der Waals surface area contributed by atoms with Crippen LogP contribution in [0.2, 0.25) is 0 Å². The van der Waals surface area contributed by atoms with Gasteiger partial charge in [0.25, 0.3) is 5.91 Å². The quantitative estimate of drug-likeness (QED) is 0.841. The Labute approximate surface area is 121 Å². The van der Waals surface area contributed by atoms with Gasteiger partial charge in [0.15, 0.2) is 0 Å². The fraction of sp³-hybridized carbons (Fsp3) is 0.214. The van der Waals surface area contributed by atoms with Gasteiger partial charge in [0, 0.05) is 11.3 Å². The summed E-state index contributed by atoms with van der Waals surface area (Å²) in [6.45, 7) is 2.25. The van der Waals surface area contributed by atoms with E-state index in [4.69, 9.17) is 5.73 Å². The minimum absolute atomic E-state index is 0.194. The number of amides is 1. The van der Waals surface area contributed by atoms with Crippen LogP contribution in [-0.4, -0.2) is 22.0 Å². The van der Waals surface area contributed by atoms with E-state index >= 15 is 0 Å². The van der Waals surface area contributed by atoms with Gasteiger partial charge in [-0.3, -0.25) is 4.79 Å². The molecule has 6 heteroatoms. The Morgan fingerprint density at radius 3 is 3.10 bits per heavy atom. The summed E-state index contributed by atoms with van der Waals surface area (Å²) in [6.07, 6.45) is 0.682. The Hall–Kier alpha value is -2.23. The molecule has 3 N–H and O–H groups in total. The van der Waals surface area contributed by atoms with Crippen molar-refractivity contribution in [3.05, 3.63) is 40.4 Å². The lowest BCUT2D eigenvalue weighted by Crippen LogP contribution is -2.12. The lowest BCUT2D eigenvalue weighted by Gasteiger charge is -2.04. The number of hydrogen-bond acceptors (Lipinski definition) is 5. The molecule has 1 heterocycles. The van der Waals surface area contributed by atoms with Gasteiger partial charge in [-0.2, -0.15) is 0 Å². The Morgan fingerprint density at radius 2 is 2.35 bits per heavy atom. The number of aromatic nitrogens is 2. The summed E-state index contributed by atoms with van der Waals surface area (Å²) in [5.74, 6) is 5.51. The molecule has 102 valence electrons. The van der Waals surface area contributed by atoms with E-state index in [1.807, 2.05) is 25.1 Å². The molecule has 0 aliphatic rings. The van der Waals surface area contributed by atoms with Gasteiger partial charge in [-0.05, 0) is 36.2 Å². The zero-order valence-corrected chi connectivity index (χ0v) is 11.8. The van der Waals surface area contributed by atoms with Crippen molar-refractivity contribution in [3.63, 3.8) is 0 Å². The van der Waals surface area contributed by atoms with Gasteiger partial charge < -0.3 is 11.1 Å². The highest BCUT2D eigenvalue weighted by molar-refractivity contribution is 7.08. The number of rotatable bonds is 3. The number of nitrogens with zero attached hydrogens (tertiary/aromatic N) is 2. The van der Waals surface area contributed by atoms with E-state index in [9.17, 15) is 4.79 Å².